The van der Waals surface area contributed by atoms with Crippen molar-refractivity contribution in [3.8, 4) is 5.75 Å². The van der Waals surface area contributed by atoms with Crippen molar-refractivity contribution < 1.29 is 19.4 Å². The zero-order valence-corrected chi connectivity index (χ0v) is 12.9. The molecule has 1 N–H and O–H groups in total. The van der Waals surface area contributed by atoms with Crippen LogP contribution in [0, 0.1) is 0 Å². The molecule has 0 spiro atoms. The first kappa shape index (κ1) is 15.1. The van der Waals surface area contributed by atoms with Gasteiger partial charge in [-0.1, -0.05) is 30.3 Å². The number of carbonyl (C=O) groups is 2. The van der Waals surface area contributed by atoms with Crippen LogP contribution in [0.5, 0.6) is 5.75 Å². The second-order valence-corrected chi connectivity index (χ2v) is 5.51. The molecule has 1 aromatic carbocycles. The Bertz CT molecular complexity index is 754. The van der Waals surface area contributed by atoms with Crippen LogP contribution in [0.4, 0.5) is 0 Å². The number of benzene rings is 1. The summed E-state index contributed by atoms with van der Waals surface area (Å²) in [4.78, 5) is 25.6. The second-order valence-electron chi connectivity index (χ2n) is 5.51. The van der Waals surface area contributed by atoms with Gasteiger partial charge in [-0.2, -0.15) is 5.10 Å². The largest absolute Gasteiger partial charge is 0.503 e. The van der Waals surface area contributed by atoms with Crippen LogP contribution in [0.15, 0.2) is 30.3 Å². The van der Waals surface area contributed by atoms with Crippen molar-refractivity contribution in [2.24, 2.45) is 0 Å². The number of hydrogen-bond donors (Lipinski definition) is 1. The molecule has 0 aliphatic carbocycles. The van der Waals surface area contributed by atoms with Crippen molar-refractivity contribution in [2.45, 2.75) is 12.5 Å². The molecule has 3 rings (SSSR count). The average Bonchev–Trinajstić information content (AvgIpc) is 2.90. The number of esters is 1. The normalized spacial score (nSPS) is 17.0. The van der Waals surface area contributed by atoms with Gasteiger partial charge in [0, 0.05) is 13.6 Å². The van der Waals surface area contributed by atoms with Gasteiger partial charge in [-0.15, -0.1) is 0 Å². The highest BCUT2D eigenvalue weighted by molar-refractivity contribution is 6.00. The number of methoxy groups -OCH3 is 1. The average molecular weight is 315 g/mol. The fourth-order valence-corrected chi connectivity index (χ4v) is 2.82. The Kier molecular flexibility index (Phi) is 3.77. The summed E-state index contributed by atoms with van der Waals surface area (Å²) in [5.74, 6) is -1.56. The van der Waals surface area contributed by atoms with Gasteiger partial charge in [0.15, 0.2) is 11.4 Å². The number of aromatic hydroxyl groups is 1. The quantitative estimate of drug-likeness (QED) is 0.862. The number of likely N-dealkylation sites (N-methyl/N-ethyl adjacent to an activating group) is 1. The van der Waals surface area contributed by atoms with Gasteiger partial charge in [-0.05, 0) is 12.0 Å². The molecule has 0 fully saturated rings. The Balaban J connectivity index is 2.04. The first-order chi connectivity index (χ1) is 11.0. The maximum Gasteiger partial charge on any atom is 0.362 e. The smallest absolute Gasteiger partial charge is 0.362 e. The number of carbonyl (C=O) groups excluding carboxylic acids is 2. The molecular formula is C16H17N3O4. The number of amides is 1. The summed E-state index contributed by atoms with van der Waals surface area (Å²) in [6.07, 6.45) is 0.632. The van der Waals surface area contributed by atoms with Crippen LogP contribution in [-0.2, 0) is 11.2 Å². The Morgan fingerprint density at radius 2 is 2.09 bits per heavy atom. The highest BCUT2D eigenvalue weighted by Crippen LogP contribution is 2.31. The van der Waals surface area contributed by atoms with E-state index in [1.165, 1.54) is 16.7 Å². The maximum atomic E-state index is 12.3. The third-order valence-electron chi connectivity index (χ3n) is 3.96. The topological polar surface area (TPSA) is 84.7 Å². The summed E-state index contributed by atoms with van der Waals surface area (Å²) in [6.45, 7) is 0.447. The van der Waals surface area contributed by atoms with Crippen LogP contribution in [0.25, 0.3) is 0 Å². The predicted molar refractivity (Wildman–Crippen MR) is 81.4 cm³/mol. The molecular weight excluding hydrogens is 298 g/mol. The van der Waals surface area contributed by atoms with Gasteiger partial charge >= 0.3 is 5.97 Å². The van der Waals surface area contributed by atoms with Crippen LogP contribution in [0.1, 0.15) is 32.6 Å². The monoisotopic (exact) mass is 315 g/mol. The number of aromatic nitrogens is 2. The molecule has 2 heterocycles. The second kappa shape index (κ2) is 5.75. The number of fused-ring (bicyclic) bond motifs is 1. The SMILES string of the molecule is COC(=O)c1nn2c(c1O)C(=O)N(C)CC2Cc1ccccc1. The van der Waals surface area contributed by atoms with E-state index in [2.05, 4.69) is 9.84 Å². The van der Waals surface area contributed by atoms with Gasteiger partial charge in [0.1, 0.15) is 0 Å². The summed E-state index contributed by atoms with van der Waals surface area (Å²) in [6, 6.07) is 9.62. The maximum absolute atomic E-state index is 12.3. The van der Waals surface area contributed by atoms with Gasteiger partial charge in [-0.3, -0.25) is 9.48 Å². The lowest BCUT2D eigenvalue weighted by molar-refractivity contribution is 0.0588. The van der Waals surface area contributed by atoms with Gasteiger partial charge in [-0.25, -0.2) is 4.79 Å². The van der Waals surface area contributed by atoms with Gasteiger partial charge < -0.3 is 14.7 Å². The zero-order chi connectivity index (χ0) is 16.6. The molecule has 0 radical (unpaired) electrons. The highest BCUT2D eigenvalue weighted by atomic mass is 16.5. The molecule has 0 saturated carbocycles. The summed E-state index contributed by atoms with van der Waals surface area (Å²) in [5, 5.41) is 14.3. The van der Waals surface area contributed by atoms with Gasteiger partial charge in [0.25, 0.3) is 5.91 Å². The summed E-state index contributed by atoms with van der Waals surface area (Å²) < 4.78 is 6.05. The van der Waals surface area contributed by atoms with Crippen LogP contribution in [0.2, 0.25) is 0 Å². The van der Waals surface area contributed by atoms with Crippen molar-refractivity contribution in [2.75, 3.05) is 20.7 Å². The van der Waals surface area contributed by atoms with Crippen LogP contribution >= 0.6 is 0 Å². The molecule has 1 aliphatic heterocycles. The standard InChI is InChI=1S/C16H17N3O4/c1-18-9-11(8-10-6-4-3-5-7-10)19-13(15(18)21)14(20)12(17-19)16(22)23-2/h3-7,11,20H,8-9H2,1-2H3. The van der Waals surface area contributed by atoms with E-state index in [0.29, 0.717) is 13.0 Å². The lowest BCUT2D eigenvalue weighted by Gasteiger charge is -2.31. The Hall–Kier alpha value is -2.83. The lowest BCUT2D eigenvalue weighted by Crippen LogP contribution is -2.41. The molecule has 1 aromatic heterocycles. The van der Waals surface area contributed by atoms with Crippen molar-refractivity contribution in [3.63, 3.8) is 0 Å². The van der Waals surface area contributed by atoms with E-state index >= 15 is 0 Å². The Labute approximate surface area is 133 Å². The molecule has 1 atom stereocenters. The molecule has 23 heavy (non-hydrogen) atoms. The zero-order valence-electron chi connectivity index (χ0n) is 12.9. The van der Waals surface area contributed by atoms with E-state index in [1.807, 2.05) is 30.3 Å². The highest BCUT2D eigenvalue weighted by Gasteiger charge is 2.36. The van der Waals surface area contributed by atoms with Crippen molar-refractivity contribution >= 4 is 11.9 Å². The fourth-order valence-electron chi connectivity index (χ4n) is 2.82. The van der Waals surface area contributed by atoms with E-state index < -0.39 is 11.7 Å². The minimum absolute atomic E-state index is 0.0279. The van der Waals surface area contributed by atoms with E-state index in [0.717, 1.165) is 5.56 Å². The molecule has 1 aliphatic rings. The first-order valence-corrected chi connectivity index (χ1v) is 7.22. The van der Waals surface area contributed by atoms with Crippen molar-refractivity contribution in [3.05, 3.63) is 47.3 Å². The Morgan fingerprint density at radius 3 is 2.74 bits per heavy atom. The number of rotatable bonds is 3. The molecule has 0 bridgehead atoms. The molecule has 0 saturated heterocycles. The van der Waals surface area contributed by atoms with E-state index in [9.17, 15) is 14.7 Å². The van der Waals surface area contributed by atoms with Crippen LogP contribution in [-0.4, -0.2) is 52.4 Å². The molecule has 7 heteroatoms. The number of hydrogen-bond acceptors (Lipinski definition) is 5. The third kappa shape index (κ3) is 2.54. The molecule has 1 unspecified atom stereocenters. The van der Waals surface area contributed by atoms with Crippen LogP contribution in [0.3, 0.4) is 0 Å². The summed E-state index contributed by atoms with van der Waals surface area (Å²) in [7, 11) is 2.86. The lowest BCUT2D eigenvalue weighted by atomic mass is 10.0. The summed E-state index contributed by atoms with van der Waals surface area (Å²) in [5.41, 5.74) is 0.880. The minimum atomic E-state index is -0.765. The predicted octanol–water partition coefficient (Wildman–Crippen LogP) is 1.24. The van der Waals surface area contributed by atoms with Crippen molar-refractivity contribution in [1.82, 2.24) is 14.7 Å². The van der Waals surface area contributed by atoms with E-state index in [1.54, 1.807) is 7.05 Å². The van der Waals surface area contributed by atoms with E-state index in [-0.39, 0.29) is 23.3 Å². The first-order valence-electron chi connectivity index (χ1n) is 7.22. The fraction of sp³-hybridized carbons (Fsp3) is 0.312. The number of ether oxygens (including phenoxy) is 1. The third-order valence-corrected chi connectivity index (χ3v) is 3.96. The van der Waals surface area contributed by atoms with Gasteiger partial charge in [0.05, 0.1) is 13.2 Å². The molecule has 1 amide bonds. The minimum Gasteiger partial charge on any atom is -0.503 e. The molecule has 7 nitrogen and oxygen atoms in total. The van der Waals surface area contributed by atoms with Crippen molar-refractivity contribution in [1.29, 1.82) is 0 Å². The van der Waals surface area contributed by atoms with Crippen LogP contribution < -0.4 is 0 Å². The summed E-state index contributed by atoms with van der Waals surface area (Å²) >= 11 is 0. The number of nitrogens with zero attached hydrogens (tertiary/aromatic N) is 3. The molecule has 120 valence electrons. The Morgan fingerprint density at radius 1 is 1.39 bits per heavy atom. The van der Waals surface area contributed by atoms with E-state index in [4.69, 9.17) is 0 Å². The van der Waals surface area contributed by atoms with Gasteiger partial charge in [0.2, 0.25) is 5.69 Å². The molecule has 2 aromatic rings.